The summed E-state index contributed by atoms with van der Waals surface area (Å²) in [5.74, 6) is 0.413. The average Bonchev–Trinajstić information content (AvgIpc) is 2.59. The number of aliphatic hydroxyl groups is 1. The highest BCUT2D eigenvalue weighted by Gasteiger charge is 2.16. The molecule has 0 aliphatic rings. The molecule has 0 spiro atoms. The number of amides is 1. The van der Waals surface area contributed by atoms with Gasteiger partial charge in [-0.2, -0.15) is 0 Å². The number of carbonyl (C=O) groups excluding carboxylic acids is 1. The minimum Gasteiger partial charge on any atom is -0.491 e. The molecular weight excluding hydrogens is 316 g/mol. The van der Waals surface area contributed by atoms with Crippen LogP contribution in [0.5, 0.6) is 5.75 Å². The molecular formula is C20H26N2O3. The van der Waals surface area contributed by atoms with E-state index in [0.29, 0.717) is 17.7 Å². The largest absolute Gasteiger partial charge is 0.491 e. The van der Waals surface area contributed by atoms with Crippen molar-refractivity contribution in [2.75, 3.05) is 6.54 Å². The molecule has 25 heavy (non-hydrogen) atoms. The fourth-order valence-corrected chi connectivity index (χ4v) is 2.47. The van der Waals surface area contributed by atoms with Crippen LogP contribution in [-0.2, 0) is 11.2 Å². The van der Waals surface area contributed by atoms with Crippen LogP contribution in [0.3, 0.4) is 0 Å². The van der Waals surface area contributed by atoms with E-state index in [0.717, 1.165) is 5.56 Å². The number of aliphatic hydroxyl groups excluding tert-OH is 1. The first-order valence-electron chi connectivity index (χ1n) is 8.47. The van der Waals surface area contributed by atoms with E-state index in [2.05, 4.69) is 5.32 Å². The van der Waals surface area contributed by atoms with E-state index >= 15 is 0 Å². The summed E-state index contributed by atoms with van der Waals surface area (Å²) in [5.41, 5.74) is 7.63. The van der Waals surface area contributed by atoms with E-state index < -0.39 is 12.1 Å². The molecule has 4 N–H and O–H groups in total. The second-order valence-electron chi connectivity index (χ2n) is 6.30. The van der Waals surface area contributed by atoms with Crippen LogP contribution in [0.15, 0.2) is 54.6 Å². The molecule has 2 aromatic rings. The van der Waals surface area contributed by atoms with Crippen LogP contribution in [0, 0.1) is 0 Å². The van der Waals surface area contributed by atoms with Crippen molar-refractivity contribution in [2.45, 2.75) is 38.5 Å². The number of benzene rings is 2. The summed E-state index contributed by atoms with van der Waals surface area (Å²) in [6, 6.07) is 16.2. The number of ether oxygens (including phenoxy) is 1. The molecule has 0 heterocycles. The summed E-state index contributed by atoms with van der Waals surface area (Å²) in [5, 5.41) is 13.0. The number of rotatable bonds is 8. The van der Waals surface area contributed by atoms with Gasteiger partial charge in [0.1, 0.15) is 5.75 Å². The van der Waals surface area contributed by atoms with E-state index in [9.17, 15) is 9.90 Å². The molecule has 134 valence electrons. The van der Waals surface area contributed by atoms with Gasteiger partial charge in [0, 0.05) is 6.54 Å². The lowest BCUT2D eigenvalue weighted by Gasteiger charge is -2.17. The summed E-state index contributed by atoms with van der Waals surface area (Å²) in [7, 11) is 0. The Hall–Kier alpha value is -2.37. The molecule has 2 atom stereocenters. The Kier molecular flexibility index (Phi) is 6.98. The van der Waals surface area contributed by atoms with Gasteiger partial charge in [-0.1, -0.05) is 42.5 Å². The molecule has 0 fully saturated rings. The van der Waals surface area contributed by atoms with Crippen LogP contribution < -0.4 is 15.8 Å². The van der Waals surface area contributed by atoms with Gasteiger partial charge in [0.25, 0.3) is 0 Å². The third-order valence-electron chi connectivity index (χ3n) is 3.72. The van der Waals surface area contributed by atoms with Crippen molar-refractivity contribution in [3.63, 3.8) is 0 Å². The summed E-state index contributed by atoms with van der Waals surface area (Å²) in [4.78, 5) is 12.1. The average molecular weight is 342 g/mol. The molecule has 0 aliphatic heterocycles. The number of nitrogens with one attached hydrogen (secondary N) is 1. The van der Waals surface area contributed by atoms with Gasteiger partial charge in [-0.15, -0.1) is 0 Å². The van der Waals surface area contributed by atoms with Crippen LogP contribution in [0.1, 0.15) is 31.1 Å². The molecule has 1 amide bonds. The summed E-state index contributed by atoms with van der Waals surface area (Å²) in [6.07, 6.45) is -0.299. The zero-order valence-corrected chi connectivity index (χ0v) is 14.7. The molecule has 5 heteroatoms. The Balaban J connectivity index is 1.86. The summed E-state index contributed by atoms with van der Waals surface area (Å²) < 4.78 is 5.62. The fraction of sp³-hybridized carbons (Fsp3) is 0.350. The van der Waals surface area contributed by atoms with E-state index in [1.165, 1.54) is 0 Å². The van der Waals surface area contributed by atoms with Gasteiger partial charge in [0.2, 0.25) is 5.91 Å². The summed E-state index contributed by atoms with van der Waals surface area (Å²) in [6.45, 7) is 3.99. The van der Waals surface area contributed by atoms with Crippen molar-refractivity contribution < 1.29 is 14.6 Å². The summed E-state index contributed by atoms with van der Waals surface area (Å²) >= 11 is 0. The molecule has 0 saturated heterocycles. The SMILES string of the molecule is CC(C)Oc1cccc(C(O)CNC(=O)[C@@H](N)Cc2ccccc2)c1. The van der Waals surface area contributed by atoms with Crippen molar-refractivity contribution in [1.29, 1.82) is 0 Å². The van der Waals surface area contributed by atoms with Crippen LogP contribution in [0.2, 0.25) is 0 Å². The zero-order valence-electron chi connectivity index (χ0n) is 14.7. The van der Waals surface area contributed by atoms with Gasteiger partial charge < -0.3 is 20.9 Å². The molecule has 0 aromatic heterocycles. The first kappa shape index (κ1) is 19.0. The van der Waals surface area contributed by atoms with Crippen molar-refractivity contribution >= 4 is 5.91 Å². The topological polar surface area (TPSA) is 84.6 Å². The van der Waals surface area contributed by atoms with Crippen LogP contribution in [0.4, 0.5) is 0 Å². The Morgan fingerprint density at radius 1 is 1.16 bits per heavy atom. The lowest BCUT2D eigenvalue weighted by atomic mass is 10.1. The Morgan fingerprint density at radius 2 is 1.88 bits per heavy atom. The Labute approximate surface area is 148 Å². The third-order valence-corrected chi connectivity index (χ3v) is 3.72. The maximum atomic E-state index is 12.1. The number of nitrogens with two attached hydrogens (primary N) is 1. The van der Waals surface area contributed by atoms with Crippen molar-refractivity contribution in [2.24, 2.45) is 5.73 Å². The predicted octanol–water partition coefficient (Wildman–Crippen LogP) is 2.19. The Bertz CT molecular complexity index is 674. The van der Waals surface area contributed by atoms with Crippen LogP contribution in [0.25, 0.3) is 0 Å². The number of carbonyl (C=O) groups is 1. The van der Waals surface area contributed by atoms with Crippen LogP contribution >= 0.6 is 0 Å². The number of hydrogen-bond donors (Lipinski definition) is 3. The van der Waals surface area contributed by atoms with Crippen LogP contribution in [-0.4, -0.2) is 29.7 Å². The molecule has 0 bridgehead atoms. The third kappa shape index (κ3) is 6.21. The second-order valence-corrected chi connectivity index (χ2v) is 6.30. The molecule has 0 aliphatic carbocycles. The lowest BCUT2D eigenvalue weighted by Crippen LogP contribution is -2.43. The predicted molar refractivity (Wildman–Crippen MR) is 98.3 cm³/mol. The van der Waals surface area contributed by atoms with Gasteiger partial charge in [0.05, 0.1) is 18.2 Å². The standard InChI is InChI=1S/C20H26N2O3/c1-14(2)25-17-10-6-9-16(12-17)19(23)13-22-20(24)18(21)11-15-7-4-3-5-8-15/h3-10,12,14,18-19,23H,11,13,21H2,1-2H3,(H,22,24)/t18-,19?/m0/s1. The highest BCUT2D eigenvalue weighted by molar-refractivity contribution is 5.81. The zero-order chi connectivity index (χ0) is 18.2. The van der Waals surface area contributed by atoms with Gasteiger partial charge in [0.15, 0.2) is 0 Å². The minimum atomic E-state index is -0.816. The highest BCUT2D eigenvalue weighted by Crippen LogP contribution is 2.20. The van der Waals surface area contributed by atoms with E-state index in [1.54, 1.807) is 12.1 Å². The number of hydrogen-bond acceptors (Lipinski definition) is 4. The van der Waals surface area contributed by atoms with Crippen molar-refractivity contribution in [1.82, 2.24) is 5.32 Å². The Morgan fingerprint density at radius 3 is 2.56 bits per heavy atom. The normalized spacial score (nSPS) is 13.3. The first-order chi connectivity index (χ1) is 12.0. The van der Waals surface area contributed by atoms with Crippen molar-refractivity contribution in [3.8, 4) is 5.75 Å². The maximum Gasteiger partial charge on any atom is 0.237 e. The second kappa shape index (κ2) is 9.20. The molecule has 2 rings (SSSR count). The van der Waals surface area contributed by atoms with Gasteiger partial charge in [-0.25, -0.2) is 0 Å². The van der Waals surface area contributed by atoms with Gasteiger partial charge in [-0.05, 0) is 43.5 Å². The van der Waals surface area contributed by atoms with E-state index in [1.807, 2.05) is 56.3 Å². The van der Waals surface area contributed by atoms with Gasteiger partial charge >= 0.3 is 0 Å². The lowest BCUT2D eigenvalue weighted by molar-refractivity contribution is -0.122. The first-order valence-corrected chi connectivity index (χ1v) is 8.47. The molecule has 0 saturated carbocycles. The van der Waals surface area contributed by atoms with E-state index in [4.69, 9.17) is 10.5 Å². The minimum absolute atomic E-state index is 0.0584. The smallest absolute Gasteiger partial charge is 0.237 e. The molecule has 2 aromatic carbocycles. The van der Waals surface area contributed by atoms with E-state index in [-0.39, 0.29) is 18.6 Å². The fourth-order valence-electron chi connectivity index (χ4n) is 2.47. The molecule has 0 radical (unpaired) electrons. The monoisotopic (exact) mass is 342 g/mol. The quantitative estimate of drug-likeness (QED) is 0.686. The highest BCUT2D eigenvalue weighted by atomic mass is 16.5. The maximum absolute atomic E-state index is 12.1. The molecule has 5 nitrogen and oxygen atoms in total. The molecule has 1 unspecified atom stereocenters. The van der Waals surface area contributed by atoms with Gasteiger partial charge in [-0.3, -0.25) is 4.79 Å². The van der Waals surface area contributed by atoms with Crippen molar-refractivity contribution in [3.05, 3.63) is 65.7 Å².